The Morgan fingerprint density at radius 3 is 2.42 bits per heavy atom. The van der Waals surface area contributed by atoms with E-state index in [0.29, 0.717) is 29.0 Å². The number of carbonyl (C=O) groups is 1. The van der Waals surface area contributed by atoms with Gasteiger partial charge in [-0.1, -0.05) is 41.9 Å². The molecule has 5 nitrogen and oxygen atoms in total. The van der Waals surface area contributed by atoms with Gasteiger partial charge in [0.1, 0.15) is 0 Å². The summed E-state index contributed by atoms with van der Waals surface area (Å²) in [5.41, 5.74) is 0.101. The predicted octanol–water partition coefficient (Wildman–Crippen LogP) is 4.22. The molecule has 1 amide bonds. The number of piperidine rings is 1. The Bertz CT molecular complexity index is 1040. The minimum atomic E-state index is -4.44. The summed E-state index contributed by atoms with van der Waals surface area (Å²) in [6, 6.07) is 11.5. The van der Waals surface area contributed by atoms with Crippen molar-refractivity contribution in [2.75, 3.05) is 13.1 Å². The van der Waals surface area contributed by atoms with Crippen LogP contribution in [0, 0.1) is 5.92 Å². The largest absolute Gasteiger partial charge is 0.416 e. The molecule has 168 valence electrons. The number of hydrogen-bond acceptors (Lipinski definition) is 3. The van der Waals surface area contributed by atoms with Gasteiger partial charge < -0.3 is 5.32 Å². The lowest BCUT2D eigenvalue weighted by atomic mass is 9.97. The number of sulfonamides is 1. The number of benzene rings is 2. The van der Waals surface area contributed by atoms with Gasteiger partial charge in [0.25, 0.3) is 0 Å². The molecule has 0 bridgehead atoms. The highest BCUT2D eigenvalue weighted by molar-refractivity contribution is 7.88. The topological polar surface area (TPSA) is 66.5 Å². The third-order valence-electron chi connectivity index (χ3n) is 5.23. The van der Waals surface area contributed by atoms with Crippen LogP contribution < -0.4 is 5.32 Å². The van der Waals surface area contributed by atoms with Crippen LogP contribution in [-0.4, -0.2) is 31.7 Å². The molecule has 1 heterocycles. The first-order chi connectivity index (χ1) is 14.6. The van der Waals surface area contributed by atoms with Crippen LogP contribution in [0.25, 0.3) is 0 Å². The predicted molar refractivity (Wildman–Crippen MR) is 112 cm³/mol. The number of amides is 1. The van der Waals surface area contributed by atoms with E-state index >= 15 is 0 Å². The average Bonchev–Trinajstić information content (AvgIpc) is 2.73. The molecule has 0 aliphatic carbocycles. The van der Waals surface area contributed by atoms with Gasteiger partial charge in [-0.25, -0.2) is 12.7 Å². The summed E-state index contributed by atoms with van der Waals surface area (Å²) in [7, 11) is -3.57. The van der Waals surface area contributed by atoms with E-state index in [9.17, 15) is 26.4 Å². The fourth-order valence-corrected chi connectivity index (χ4v) is 5.37. The summed E-state index contributed by atoms with van der Waals surface area (Å²) in [5.74, 6) is -0.892. The minimum absolute atomic E-state index is 0.0201. The van der Waals surface area contributed by atoms with Crippen LogP contribution >= 0.6 is 11.6 Å². The Kier molecular flexibility index (Phi) is 7.28. The van der Waals surface area contributed by atoms with E-state index in [1.807, 2.05) is 0 Å². The van der Waals surface area contributed by atoms with Gasteiger partial charge >= 0.3 is 6.18 Å². The van der Waals surface area contributed by atoms with Crippen LogP contribution in [0.15, 0.2) is 48.5 Å². The first-order valence-electron chi connectivity index (χ1n) is 9.71. The molecule has 0 unspecified atom stereocenters. The fourth-order valence-electron chi connectivity index (χ4n) is 3.49. The van der Waals surface area contributed by atoms with Gasteiger partial charge in [0.05, 0.1) is 11.3 Å². The van der Waals surface area contributed by atoms with Crippen molar-refractivity contribution in [3.05, 3.63) is 70.2 Å². The third-order valence-corrected chi connectivity index (χ3v) is 7.43. The summed E-state index contributed by atoms with van der Waals surface area (Å²) in [6.45, 7) is 0.386. The fraction of sp³-hybridized carbons (Fsp3) is 0.381. The molecule has 1 N–H and O–H groups in total. The van der Waals surface area contributed by atoms with Crippen molar-refractivity contribution in [2.45, 2.75) is 31.3 Å². The Morgan fingerprint density at radius 2 is 1.77 bits per heavy atom. The molecule has 1 aliphatic rings. The molecule has 1 aliphatic heterocycles. The monoisotopic (exact) mass is 474 g/mol. The highest BCUT2D eigenvalue weighted by atomic mass is 35.5. The van der Waals surface area contributed by atoms with Crippen molar-refractivity contribution in [1.82, 2.24) is 9.62 Å². The average molecular weight is 475 g/mol. The molecular weight excluding hydrogens is 453 g/mol. The van der Waals surface area contributed by atoms with E-state index < -0.39 is 27.7 Å². The third kappa shape index (κ3) is 6.21. The van der Waals surface area contributed by atoms with E-state index in [4.69, 9.17) is 11.6 Å². The molecule has 0 aromatic heterocycles. The second kappa shape index (κ2) is 9.58. The normalized spacial score (nSPS) is 16.3. The molecule has 0 saturated carbocycles. The van der Waals surface area contributed by atoms with Gasteiger partial charge in [-0.3, -0.25) is 4.79 Å². The zero-order valence-corrected chi connectivity index (χ0v) is 18.1. The highest BCUT2D eigenvalue weighted by Crippen LogP contribution is 2.29. The van der Waals surface area contributed by atoms with E-state index in [1.165, 1.54) is 16.4 Å². The molecule has 1 fully saturated rings. The van der Waals surface area contributed by atoms with Crippen LogP contribution in [0.2, 0.25) is 5.02 Å². The Morgan fingerprint density at radius 1 is 1.10 bits per heavy atom. The van der Waals surface area contributed by atoms with Crippen molar-refractivity contribution in [2.24, 2.45) is 5.92 Å². The summed E-state index contributed by atoms with van der Waals surface area (Å²) in [5, 5.41) is 3.04. The Hall–Kier alpha value is -2.10. The molecule has 0 radical (unpaired) electrons. The van der Waals surface area contributed by atoms with Crippen LogP contribution in [0.4, 0.5) is 13.2 Å². The first-order valence-corrected chi connectivity index (χ1v) is 11.7. The summed E-state index contributed by atoms with van der Waals surface area (Å²) in [4.78, 5) is 12.4. The molecule has 1 saturated heterocycles. The quantitative estimate of drug-likeness (QED) is 0.681. The molecule has 31 heavy (non-hydrogen) atoms. The number of carbonyl (C=O) groups excluding carboxylic acids is 1. The van der Waals surface area contributed by atoms with Gasteiger partial charge in [-0.15, -0.1) is 0 Å². The van der Waals surface area contributed by atoms with Crippen LogP contribution in [0.5, 0.6) is 0 Å². The SMILES string of the molecule is O=C(NCc1cccc(C(F)(F)F)c1)C1CCN(S(=O)(=O)Cc2ccccc2Cl)CC1. The zero-order valence-electron chi connectivity index (χ0n) is 16.5. The number of halogens is 4. The van der Waals surface area contributed by atoms with Crippen LogP contribution in [0.1, 0.15) is 29.5 Å². The number of hydrogen-bond donors (Lipinski definition) is 1. The maximum atomic E-state index is 12.8. The smallest absolute Gasteiger partial charge is 0.352 e. The summed E-state index contributed by atoms with van der Waals surface area (Å²) >= 11 is 6.06. The molecule has 0 atom stereocenters. The van der Waals surface area contributed by atoms with Gasteiger partial charge in [0.15, 0.2) is 0 Å². The molecule has 10 heteroatoms. The minimum Gasteiger partial charge on any atom is -0.352 e. The first kappa shape index (κ1) is 23.6. The van der Waals surface area contributed by atoms with Crippen molar-refractivity contribution in [3.63, 3.8) is 0 Å². The lowest BCUT2D eigenvalue weighted by molar-refractivity contribution is -0.137. The van der Waals surface area contributed by atoms with E-state index in [1.54, 1.807) is 24.3 Å². The van der Waals surface area contributed by atoms with Gasteiger partial charge in [-0.2, -0.15) is 13.2 Å². The van der Waals surface area contributed by atoms with Crippen molar-refractivity contribution in [1.29, 1.82) is 0 Å². The maximum absolute atomic E-state index is 12.8. The molecule has 3 rings (SSSR count). The second-order valence-corrected chi connectivity index (χ2v) is 9.81. The maximum Gasteiger partial charge on any atom is 0.416 e. The Balaban J connectivity index is 1.52. The van der Waals surface area contributed by atoms with Gasteiger partial charge in [0.2, 0.25) is 15.9 Å². The highest BCUT2D eigenvalue weighted by Gasteiger charge is 2.32. The molecule has 0 spiro atoms. The standard InChI is InChI=1S/C21H22ClF3N2O3S/c22-19-7-2-1-5-17(19)14-31(29,30)27-10-8-16(9-11-27)20(28)26-13-15-4-3-6-18(12-15)21(23,24)25/h1-7,12,16H,8-11,13-14H2,(H,26,28). The van der Waals surface area contributed by atoms with Gasteiger partial charge in [0, 0.05) is 30.6 Å². The Labute approximate surface area is 184 Å². The van der Waals surface area contributed by atoms with Crippen molar-refractivity contribution >= 4 is 27.5 Å². The van der Waals surface area contributed by atoms with E-state index in [2.05, 4.69) is 5.32 Å². The zero-order chi connectivity index (χ0) is 22.6. The summed E-state index contributed by atoms with van der Waals surface area (Å²) in [6.07, 6.45) is -3.76. The number of rotatable bonds is 6. The van der Waals surface area contributed by atoms with Gasteiger partial charge in [-0.05, 0) is 42.2 Å². The summed E-state index contributed by atoms with van der Waals surface area (Å²) < 4.78 is 65.1. The molecular formula is C21H22ClF3N2O3S. The lowest BCUT2D eigenvalue weighted by Crippen LogP contribution is -2.43. The van der Waals surface area contributed by atoms with Crippen molar-refractivity contribution in [3.8, 4) is 0 Å². The lowest BCUT2D eigenvalue weighted by Gasteiger charge is -2.30. The second-order valence-electron chi connectivity index (χ2n) is 7.44. The number of alkyl halides is 3. The van der Waals surface area contributed by atoms with E-state index in [-0.39, 0.29) is 31.3 Å². The number of nitrogens with zero attached hydrogens (tertiary/aromatic N) is 1. The number of nitrogens with one attached hydrogen (secondary N) is 1. The van der Waals surface area contributed by atoms with E-state index in [0.717, 1.165) is 12.1 Å². The van der Waals surface area contributed by atoms with Crippen LogP contribution in [0.3, 0.4) is 0 Å². The molecule has 2 aromatic carbocycles. The molecule has 2 aromatic rings. The van der Waals surface area contributed by atoms with Crippen molar-refractivity contribution < 1.29 is 26.4 Å². The van der Waals surface area contributed by atoms with Crippen LogP contribution in [-0.2, 0) is 33.3 Å².